The number of hydrogen-bond donors (Lipinski definition) is 8. The number of para-hydroxylation sites is 2. The van der Waals surface area contributed by atoms with E-state index in [0.717, 1.165) is 44.7 Å². The predicted molar refractivity (Wildman–Crippen MR) is 170 cm³/mol. The van der Waals surface area contributed by atoms with Crippen molar-refractivity contribution in [2.75, 3.05) is 26.3 Å². The van der Waals surface area contributed by atoms with Crippen LogP contribution in [0.25, 0.3) is 21.8 Å². The Labute approximate surface area is 253 Å². The molecule has 4 aromatic rings. The van der Waals surface area contributed by atoms with Crippen LogP contribution in [0.3, 0.4) is 0 Å². The van der Waals surface area contributed by atoms with Gasteiger partial charge in [0.05, 0.1) is 11.0 Å². The number of aromatic amines is 2. The number of benzene rings is 2. The predicted octanol–water partition coefficient (Wildman–Crippen LogP) is 3.78. The highest BCUT2D eigenvalue weighted by atomic mass is 32.3. The van der Waals surface area contributed by atoms with Gasteiger partial charge in [0.15, 0.2) is 0 Å². The fraction of sp³-hybridized carbons (Fsp3) is 0.467. The summed E-state index contributed by atoms with van der Waals surface area (Å²) in [5.74, 6) is 1.57. The number of nitrogens with one attached hydrogen (secondary N) is 4. The summed E-state index contributed by atoms with van der Waals surface area (Å²) in [6.45, 7) is 13.9. The molecule has 240 valence electrons. The fourth-order valence-corrected chi connectivity index (χ4v) is 4.01. The van der Waals surface area contributed by atoms with Gasteiger partial charge in [0.25, 0.3) is 0 Å². The molecule has 0 saturated carbocycles. The Morgan fingerprint density at radius 1 is 0.721 bits per heavy atom. The maximum atomic E-state index is 9.84. The summed E-state index contributed by atoms with van der Waals surface area (Å²) in [5, 5.41) is 28.3. The van der Waals surface area contributed by atoms with Gasteiger partial charge in [-0.3, -0.25) is 9.11 Å². The van der Waals surface area contributed by atoms with Crippen LogP contribution in [0.2, 0.25) is 0 Å². The van der Waals surface area contributed by atoms with Gasteiger partial charge in [-0.15, -0.1) is 0 Å². The third kappa shape index (κ3) is 14.2. The first-order chi connectivity index (χ1) is 20.1. The molecular formula is C30H46N4O8S. The van der Waals surface area contributed by atoms with Crippen LogP contribution in [-0.2, 0) is 10.4 Å². The lowest BCUT2D eigenvalue weighted by Gasteiger charge is -2.15. The Bertz CT molecular complexity index is 1390. The van der Waals surface area contributed by atoms with E-state index in [1.165, 1.54) is 0 Å². The molecule has 4 rings (SSSR count). The molecule has 2 atom stereocenters. The Balaban J connectivity index is 0.000000260. The van der Waals surface area contributed by atoms with E-state index < -0.39 is 22.6 Å². The van der Waals surface area contributed by atoms with E-state index in [4.69, 9.17) is 27.0 Å². The first-order valence-corrected chi connectivity index (χ1v) is 15.5. The maximum absolute atomic E-state index is 9.84. The van der Waals surface area contributed by atoms with Crippen LogP contribution >= 0.6 is 0 Å². The summed E-state index contributed by atoms with van der Waals surface area (Å²) < 4.78 is 43.0. The largest absolute Gasteiger partial charge is 0.489 e. The quantitative estimate of drug-likeness (QED) is 0.108. The van der Waals surface area contributed by atoms with Crippen molar-refractivity contribution >= 4 is 32.2 Å². The van der Waals surface area contributed by atoms with Crippen LogP contribution in [0.4, 0.5) is 0 Å². The smallest absolute Gasteiger partial charge is 0.394 e. The molecule has 0 aliphatic heterocycles. The molecule has 2 unspecified atom stereocenters. The average Bonchev–Trinajstić information content (AvgIpc) is 3.49. The highest BCUT2D eigenvalue weighted by molar-refractivity contribution is 7.79. The van der Waals surface area contributed by atoms with Crippen molar-refractivity contribution in [3.63, 3.8) is 0 Å². The highest BCUT2D eigenvalue weighted by Crippen LogP contribution is 2.26. The lowest BCUT2D eigenvalue weighted by molar-refractivity contribution is 0.105. The first kappa shape index (κ1) is 36.0. The molecule has 0 saturated heterocycles. The van der Waals surface area contributed by atoms with Gasteiger partial charge in [0.2, 0.25) is 0 Å². The van der Waals surface area contributed by atoms with Crippen LogP contribution in [0.5, 0.6) is 11.5 Å². The van der Waals surface area contributed by atoms with Crippen molar-refractivity contribution in [2.24, 2.45) is 0 Å². The summed E-state index contributed by atoms with van der Waals surface area (Å²) >= 11 is 0. The molecule has 2 aromatic carbocycles. The van der Waals surface area contributed by atoms with E-state index in [1.807, 2.05) is 50.2 Å². The number of aliphatic hydroxyl groups is 2. The van der Waals surface area contributed by atoms with Gasteiger partial charge in [0.1, 0.15) is 36.9 Å². The van der Waals surface area contributed by atoms with Gasteiger partial charge < -0.3 is 40.3 Å². The van der Waals surface area contributed by atoms with E-state index >= 15 is 0 Å². The zero-order valence-corrected chi connectivity index (χ0v) is 26.4. The van der Waals surface area contributed by atoms with E-state index in [9.17, 15) is 10.2 Å². The third-order valence-electron chi connectivity index (χ3n) is 5.89. The van der Waals surface area contributed by atoms with Gasteiger partial charge in [-0.2, -0.15) is 8.42 Å². The Morgan fingerprint density at radius 2 is 1.07 bits per heavy atom. The minimum absolute atomic E-state index is 0.289. The molecule has 0 fully saturated rings. The van der Waals surface area contributed by atoms with Crippen molar-refractivity contribution in [3.05, 3.63) is 59.9 Å². The summed E-state index contributed by atoms with van der Waals surface area (Å²) in [5.41, 5.74) is 4.19. The SMILES string of the molecule is Cc1cc2cccc(OCC(O)CNC(C)C)c2[nH]1.Cc1cc2cccc(OCC(O)CNC(C)C)c2[nH]1.O=S(=O)(O)O. The van der Waals surface area contributed by atoms with Gasteiger partial charge in [-0.25, -0.2) is 0 Å². The zero-order valence-electron chi connectivity index (χ0n) is 25.6. The summed E-state index contributed by atoms with van der Waals surface area (Å²) in [6, 6.07) is 16.7. The van der Waals surface area contributed by atoms with Gasteiger partial charge in [0, 0.05) is 47.3 Å². The first-order valence-electron chi connectivity index (χ1n) is 14.1. The molecule has 2 aromatic heterocycles. The third-order valence-corrected chi connectivity index (χ3v) is 5.89. The summed E-state index contributed by atoms with van der Waals surface area (Å²) in [4.78, 5) is 6.56. The normalized spacial score (nSPS) is 12.9. The second-order valence-corrected chi connectivity index (χ2v) is 11.7. The number of ether oxygens (including phenoxy) is 2. The Hall–Kier alpha value is -3.17. The van der Waals surface area contributed by atoms with Gasteiger partial charge in [-0.1, -0.05) is 52.0 Å². The highest BCUT2D eigenvalue weighted by Gasteiger charge is 2.10. The van der Waals surface area contributed by atoms with Crippen molar-refractivity contribution in [1.29, 1.82) is 0 Å². The molecular weight excluding hydrogens is 576 g/mol. The molecule has 0 aliphatic carbocycles. The molecule has 0 aliphatic rings. The molecule has 0 amide bonds. The number of rotatable bonds is 12. The van der Waals surface area contributed by atoms with Crippen molar-refractivity contribution in [1.82, 2.24) is 20.6 Å². The van der Waals surface area contributed by atoms with Crippen molar-refractivity contribution < 1.29 is 37.2 Å². The number of aromatic nitrogens is 2. The Kier molecular flexibility index (Phi) is 14.4. The van der Waals surface area contributed by atoms with Crippen molar-refractivity contribution in [3.8, 4) is 11.5 Å². The fourth-order valence-electron chi connectivity index (χ4n) is 4.01. The standard InChI is InChI=1S/2C15H22N2O2.H2O4S/c2*1-10(2)16-8-13(18)9-19-14-6-4-5-12-7-11(3)17-15(12)14;1-5(2,3)4/h2*4-7,10,13,16-18H,8-9H2,1-3H3;(H2,1,2,3,4). The van der Waals surface area contributed by atoms with Crippen LogP contribution < -0.4 is 20.1 Å². The number of aryl methyl sites for hydroxylation is 2. The molecule has 12 nitrogen and oxygen atoms in total. The lowest BCUT2D eigenvalue weighted by Crippen LogP contribution is -2.35. The number of hydrogen-bond acceptors (Lipinski definition) is 8. The zero-order chi connectivity index (χ0) is 32.2. The van der Waals surface area contributed by atoms with Gasteiger partial charge >= 0.3 is 10.4 Å². The second-order valence-electron chi connectivity index (χ2n) is 10.8. The molecule has 0 radical (unpaired) electrons. The summed E-state index contributed by atoms with van der Waals surface area (Å²) in [7, 11) is -4.67. The molecule has 0 spiro atoms. The number of H-pyrrole nitrogens is 2. The Morgan fingerprint density at radius 3 is 1.40 bits per heavy atom. The van der Waals surface area contributed by atoms with Crippen LogP contribution in [0.1, 0.15) is 39.1 Å². The van der Waals surface area contributed by atoms with E-state index in [0.29, 0.717) is 25.2 Å². The maximum Gasteiger partial charge on any atom is 0.394 e. The minimum atomic E-state index is -4.67. The average molecular weight is 623 g/mol. The topological polar surface area (TPSA) is 189 Å². The van der Waals surface area contributed by atoms with Crippen molar-refractivity contribution in [2.45, 2.75) is 65.8 Å². The van der Waals surface area contributed by atoms with E-state index in [1.54, 1.807) is 0 Å². The lowest BCUT2D eigenvalue weighted by atomic mass is 10.2. The monoisotopic (exact) mass is 622 g/mol. The van der Waals surface area contributed by atoms with Crippen LogP contribution in [-0.4, -0.2) is 88.3 Å². The number of aliphatic hydroxyl groups excluding tert-OH is 2. The van der Waals surface area contributed by atoms with Crippen LogP contribution in [0.15, 0.2) is 48.5 Å². The van der Waals surface area contributed by atoms with E-state index in [-0.39, 0.29) is 13.2 Å². The number of fused-ring (bicyclic) bond motifs is 2. The summed E-state index contributed by atoms with van der Waals surface area (Å²) in [6.07, 6.45) is -1.01. The van der Waals surface area contributed by atoms with Crippen LogP contribution in [0, 0.1) is 13.8 Å². The minimum Gasteiger partial charge on any atom is -0.489 e. The second kappa shape index (κ2) is 17.2. The van der Waals surface area contributed by atoms with E-state index in [2.05, 4.69) is 60.4 Å². The van der Waals surface area contributed by atoms with Gasteiger partial charge in [-0.05, 0) is 38.1 Å². The molecule has 8 N–H and O–H groups in total. The molecule has 43 heavy (non-hydrogen) atoms. The molecule has 0 bridgehead atoms. The molecule has 2 heterocycles. The molecule has 13 heteroatoms.